The second kappa shape index (κ2) is 15.3. The smallest absolute Gasteiger partial charge is 0.251 e. The molecule has 1 amide bonds. The first-order valence-electron chi connectivity index (χ1n) is 13.9. The van der Waals surface area contributed by atoms with Crippen LogP contribution in [0.4, 0.5) is 5.13 Å². The number of hydrogen-bond acceptors (Lipinski definition) is 7. The van der Waals surface area contributed by atoms with Crippen LogP contribution in [0.1, 0.15) is 64.3 Å². The van der Waals surface area contributed by atoms with Gasteiger partial charge in [-0.1, -0.05) is 46.2 Å². The van der Waals surface area contributed by atoms with Gasteiger partial charge in [-0.3, -0.25) is 14.6 Å². The molecule has 3 heterocycles. The van der Waals surface area contributed by atoms with Gasteiger partial charge >= 0.3 is 0 Å². The van der Waals surface area contributed by atoms with E-state index in [1.54, 1.807) is 6.07 Å². The van der Waals surface area contributed by atoms with E-state index in [9.17, 15) is 9.59 Å². The number of fused-ring (bicyclic) bond motifs is 1. The number of nitrogen functional groups attached to an aromatic ring is 1. The molecule has 0 radical (unpaired) electrons. The highest BCUT2D eigenvalue weighted by atomic mass is 32.1. The lowest BCUT2D eigenvalue weighted by Gasteiger charge is -2.23. The van der Waals surface area contributed by atoms with Crippen molar-refractivity contribution in [1.82, 2.24) is 14.9 Å². The number of nitrogens with one attached hydrogen (secondary N) is 1. The fourth-order valence-corrected chi connectivity index (χ4v) is 5.00. The van der Waals surface area contributed by atoms with Crippen molar-refractivity contribution >= 4 is 39.6 Å². The molecule has 1 unspecified atom stereocenters. The van der Waals surface area contributed by atoms with E-state index in [0.29, 0.717) is 34.9 Å². The molecule has 1 fully saturated rings. The standard InChI is InChI=1S/C14H14N4O.C13H25NO.C4H6N2S/c1-9-2-3-13-10(4-9)5-11(14(19)18-13)6-12(7-15)17-8-16;1-10(2)11-6-7-14(9-11)12(15)8-13(3,4)5;1-3-2-7-4(5)6-3/h2-5,8,12H,6H2,1H3,(H2,16,17)(H,18,19);10-11H,6-9H2,1-5H3;2H,1H3,(H2,5,6)/t;11-;/m.1./s1. The van der Waals surface area contributed by atoms with Crippen molar-refractivity contribution in [1.29, 1.82) is 5.26 Å². The number of benzene rings is 1. The molecular weight excluding hydrogens is 534 g/mol. The van der Waals surface area contributed by atoms with Crippen molar-refractivity contribution in [2.45, 2.75) is 73.8 Å². The molecule has 0 saturated carbocycles. The Bertz CT molecular complexity index is 1400. The zero-order valence-electron chi connectivity index (χ0n) is 25.4. The molecule has 1 aromatic carbocycles. The van der Waals surface area contributed by atoms with Gasteiger partial charge in [-0.2, -0.15) is 5.26 Å². The Morgan fingerprint density at radius 1 is 1.32 bits per heavy atom. The average Bonchev–Trinajstić information content (AvgIpc) is 3.53. The van der Waals surface area contributed by atoms with Gasteiger partial charge in [0.2, 0.25) is 5.91 Å². The second-order valence-electron chi connectivity index (χ2n) is 12.1. The van der Waals surface area contributed by atoms with Gasteiger partial charge in [-0.25, -0.2) is 4.98 Å². The first-order chi connectivity index (χ1) is 19.2. The van der Waals surface area contributed by atoms with E-state index in [1.165, 1.54) is 17.8 Å². The third-order valence-corrected chi connectivity index (χ3v) is 7.54. The fourth-order valence-electron chi connectivity index (χ4n) is 4.46. The van der Waals surface area contributed by atoms with E-state index in [-0.39, 0.29) is 17.4 Å². The summed E-state index contributed by atoms with van der Waals surface area (Å²) >= 11 is 1.47. The largest absolute Gasteiger partial charge is 0.390 e. The van der Waals surface area contributed by atoms with E-state index < -0.39 is 6.04 Å². The maximum atomic E-state index is 12.0. The summed E-state index contributed by atoms with van der Waals surface area (Å²) < 4.78 is 0. The minimum Gasteiger partial charge on any atom is -0.390 e. The molecule has 3 aromatic rings. The number of carbonyl (C=O) groups excluding carboxylic acids is 1. The summed E-state index contributed by atoms with van der Waals surface area (Å²) in [7, 11) is 0. The Labute approximate surface area is 247 Å². The number of hydrogen-bond donors (Lipinski definition) is 3. The van der Waals surface area contributed by atoms with E-state index >= 15 is 0 Å². The van der Waals surface area contributed by atoms with Gasteiger partial charge in [-0.05, 0) is 61.1 Å². The van der Waals surface area contributed by atoms with Gasteiger partial charge in [0.05, 0.1) is 18.1 Å². The lowest BCUT2D eigenvalue weighted by molar-refractivity contribution is -0.132. The predicted octanol–water partition coefficient (Wildman–Crippen LogP) is 5.22. The quantitative estimate of drug-likeness (QED) is 0.278. The normalized spacial score (nSPS) is 15.7. The summed E-state index contributed by atoms with van der Waals surface area (Å²) in [5, 5.41) is 12.5. The Morgan fingerprint density at radius 3 is 2.51 bits per heavy atom. The molecule has 5 N–H and O–H groups in total. The lowest BCUT2D eigenvalue weighted by atomic mass is 9.91. The highest BCUT2D eigenvalue weighted by molar-refractivity contribution is 7.13. The number of rotatable bonds is 5. The van der Waals surface area contributed by atoms with Gasteiger partial charge in [0.15, 0.2) is 5.13 Å². The molecule has 2 atom stereocenters. The van der Waals surface area contributed by atoms with Crippen LogP contribution in [0.3, 0.4) is 0 Å². The Morgan fingerprint density at radius 2 is 2.02 bits per heavy atom. The number of nitriles is 1. The zero-order valence-corrected chi connectivity index (χ0v) is 26.2. The summed E-state index contributed by atoms with van der Waals surface area (Å²) in [5.74, 6) is 1.76. The molecule has 1 aliphatic rings. The lowest BCUT2D eigenvalue weighted by Crippen LogP contribution is -2.32. The predicted molar refractivity (Wildman–Crippen MR) is 170 cm³/mol. The van der Waals surface area contributed by atoms with E-state index in [4.69, 9.17) is 16.7 Å². The van der Waals surface area contributed by atoms with E-state index in [1.807, 2.05) is 43.5 Å². The van der Waals surface area contributed by atoms with Gasteiger partial charge < -0.3 is 21.4 Å². The Hall–Kier alpha value is -3.71. The first-order valence-corrected chi connectivity index (χ1v) is 14.8. The summed E-state index contributed by atoms with van der Waals surface area (Å²) in [6, 6.07) is 8.98. The number of aryl methyl sites for hydroxylation is 2. The molecule has 4 rings (SSSR count). The van der Waals surface area contributed by atoms with E-state index in [2.05, 4.69) is 54.5 Å². The minimum absolute atomic E-state index is 0.118. The van der Waals surface area contributed by atoms with Gasteiger partial charge in [0.1, 0.15) is 6.04 Å². The van der Waals surface area contributed by atoms with Crippen LogP contribution in [-0.4, -0.2) is 46.2 Å². The minimum atomic E-state index is -0.631. The number of likely N-dealkylation sites (tertiary alicyclic amines) is 1. The molecule has 2 aromatic heterocycles. The van der Waals surface area contributed by atoms with Gasteiger partial charge in [-0.15, -0.1) is 11.3 Å². The number of amides is 1. The number of carbonyl (C=O) groups is 1. The van der Waals surface area contributed by atoms with Crippen LogP contribution in [0.15, 0.2) is 39.4 Å². The third kappa shape index (κ3) is 11.4. The molecule has 0 aliphatic carbocycles. The number of pyridine rings is 1. The number of anilines is 1. The summed E-state index contributed by atoms with van der Waals surface area (Å²) in [6.45, 7) is 16.7. The second-order valence-corrected chi connectivity index (χ2v) is 12.9. The van der Waals surface area contributed by atoms with Gasteiger partial charge in [0.25, 0.3) is 5.56 Å². The molecule has 222 valence electrons. The highest BCUT2D eigenvalue weighted by Crippen LogP contribution is 2.27. The molecular formula is C31H45N7O2S. The third-order valence-electron chi connectivity index (χ3n) is 6.74. The maximum absolute atomic E-state index is 12.0. The fraction of sp³-hybridized carbons (Fsp3) is 0.516. The van der Waals surface area contributed by atoms with Crippen molar-refractivity contribution in [3.8, 4) is 6.07 Å². The van der Waals surface area contributed by atoms with Crippen LogP contribution in [0.5, 0.6) is 0 Å². The molecule has 41 heavy (non-hydrogen) atoms. The van der Waals surface area contributed by atoms with Crippen molar-refractivity contribution in [3.05, 3.63) is 56.8 Å². The number of aromatic nitrogens is 2. The average molecular weight is 580 g/mol. The summed E-state index contributed by atoms with van der Waals surface area (Å²) in [4.78, 5) is 36.5. The van der Waals surface area contributed by atoms with Crippen LogP contribution in [0.2, 0.25) is 0 Å². The van der Waals surface area contributed by atoms with Crippen LogP contribution in [0.25, 0.3) is 10.9 Å². The highest BCUT2D eigenvalue weighted by Gasteiger charge is 2.29. The van der Waals surface area contributed by atoms with Crippen molar-refractivity contribution in [2.75, 3.05) is 18.8 Å². The molecule has 10 heteroatoms. The summed E-state index contributed by atoms with van der Waals surface area (Å²) in [6.07, 6.45) is 3.21. The number of thiazole rings is 1. The summed E-state index contributed by atoms with van der Waals surface area (Å²) in [5.41, 5.74) is 13.8. The number of nitrogens with zero attached hydrogens (tertiary/aromatic N) is 4. The topological polar surface area (TPSA) is 154 Å². The van der Waals surface area contributed by atoms with Crippen molar-refractivity contribution in [2.24, 2.45) is 28.0 Å². The monoisotopic (exact) mass is 579 g/mol. The van der Waals surface area contributed by atoms with Crippen molar-refractivity contribution < 1.29 is 4.79 Å². The van der Waals surface area contributed by atoms with Gasteiger partial charge in [0, 0.05) is 42.4 Å². The number of aliphatic imine (C=N–C) groups is 1. The maximum Gasteiger partial charge on any atom is 0.251 e. The molecule has 9 nitrogen and oxygen atoms in total. The molecule has 0 bridgehead atoms. The van der Waals surface area contributed by atoms with Crippen LogP contribution >= 0.6 is 11.3 Å². The van der Waals surface area contributed by atoms with Crippen LogP contribution in [0, 0.1) is 42.4 Å². The Kier molecular flexibility index (Phi) is 12.5. The first kappa shape index (κ1) is 33.5. The number of H-pyrrole nitrogens is 1. The number of aromatic amines is 1. The molecule has 0 spiro atoms. The molecule has 1 aliphatic heterocycles. The van der Waals surface area contributed by atoms with Crippen LogP contribution in [-0.2, 0) is 11.2 Å². The SMILES string of the molecule is CC(C)[C@@H]1CCN(C(=O)CC(C)(C)C)C1.Cc1ccc2[nH]c(=O)c(CC(C#N)N=CN)cc2c1.Cc1csc(N)n1. The van der Waals surface area contributed by atoms with Crippen molar-refractivity contribution in [3.63, 3.8) is 0 Å². The molecule has 1 saturated heterocycles. The zero-order chi connectivity index (χ0) is 30.7. The van der Waals surface area contributed by atoms with E-state index in [0.717, 1.165) is 41.6 Å². The number of nitrogens with two attached hydrogens (primary N) is 2. The van der Waals surface area contributed by atoms with Crippen LogP contribution < -0.4 is 17.0 Å². The Balaban J connectivity index is 0.000000237.